The minimum absolute atomic E-state index is 0.515. The molecule has 0 spiro atoms. The van der Waals surface area contributed by atoms with Crippen LogP contribution in [0.2, 0.25) is 0 Å². The standard InChI is InChI=1S/C17H21N/c1-12(2)14-8-7-9-15(13(3)4)17(14)16-10-5-6-11-18-16/h5-13H,1-4H3. The fourth-order valence-corrected chi connectivity index (χ4v) is 2.36. The molecule has 1 aromatic heterocycles. The van der Waals surface area contributed by atoms with Crippen LogP contribution in [-0.4, -0.2) is 4.98 Å². The Kier molecular flexibility index (Phi) is 3.81. The highest BCUT2D eigenvalue weighted by Gasteiger charge is 2.15. The van der Waals surface area contributed by atoms with Crippen LogP contribution in [0.1, 0.15) is 50.7 Å². The van der Waals surface area contributed by atoms with E-state index < -0.39 is 0 Å². The van der Waals surface area contributed by atoms with Crippen LogP contribution in [0.5, 0.6) is 0 Å². The van der Waals surface area contributed by atoms with E-state index in [1.807, 2.05) is 12.3 Å². The SMILES string of the molecule is CC(C)c1cccc(C(C)C)c1-c1ccccn1. The summed E-state index contributed by atoms with van der Waals surface area (Å²) in [4.78, 5) is 4.54. The van der Waals surface area contributed by atoms with Crippen molar-refractivity contribution in [3.8, 4) is 11.3 Å². The molecule has 0 radical (unpaired) electrons. The fraction of sp³-hybridized carbons (Fsp3) is 0.353. The second-order valence-electron chi connectivity index (χ2n) is 5.34. The summed E-state index contributed by atoms with van der Waals surface area (Å²) in [6.45, 7) is 8.97. The maximum absolute atomic E-state index is 4.54. The zero-order valence-corrected chi connectivity index (χ0v) is 11.6. The number of hydrogen-bond acceptors (Lipinski definition) is 1. The van der Waals surface area contributed by atoms with Gasteiger partial charge in [-0.1, -0.05) is 52.0 Å². The molecule has 1 nitrogen and oxygen atoms in total. The lowest BCUT2D eigenvalue weighted by Crippen LogP contribution is -2.00. The molecule has 0 aliphatic carbocycles. The average Bonchev–Trinajstić information content (AvgIpc) is 2.38. The third-order valence-electron chi connectivity index (χ3n) is 3.29. The van der Waals surface area contributed by atoms with Crippen molar-refractivity contribution in [2.24, 2.45) is 0 Å². The third-order valence-corrected chi connectivity index (χ3v) is 3.29. The normalized spacial score (nSPS) is 11.2. The van der Waals surface area contributed by atoms with E-state index in [0.29, 0.717) is 11.8 Å². The predicted octanol–water partition coefficient (Wildman–Crippen LogP) is 5.00. The van der Waals surface area contributed by atoms with Gasteiger partial charge in [0.1, 0.15) is 0 Å². The van der Waals surface area contributed by atoms with Crippen molar-refractivity contribution in [2.75, 3.05) is 0 Å². The van der Waals surface area contributed by atoms with Gasteiger partial charge in [-0.15, -0.1) is 0 Å². The lowest BCUT2D eigenvalue weighted by Gasteiger charge is -2.19. The molecule has 2 rings (SSSR count). The monoisotopic (exact) mass is 239 g/mol. The minimum Gasteiger partial charge on any atom is -0.256 e. The van der Waals surface area contributed by atoms with E-state index in [-0.39, 0.29) is 0 Å². The van der Waals surface area contributed by atoms with Gasteiger partial charge in [-0.2, -0.15) is 0 Å². The first-order chi connectivity index (χ1) is 8.61. The van der Waals surface area contributed by atoms with Gasteiger partial charge in [0.15, 0.2) is 0 Å². The molecule has 0 bridgehead atoms. The first-order valence-corrected chi connectivity index (χ1v) is 6.65. The van der Waals surface area contributed by atoms with Crippen LogP contribution in [0.4, 0.5) is 0 Å². The van der Waals surface area contributed by atoms with Crippen LogP contribution < -0.4 is 0 Å². The summed E-state index contributed by atoms with van der Waals surface area (Å²) in [6.07, 6.45) is 1.87. The topological polar surface area (TPSA) is 12.9 Å². The zero-order valence-electron chi connectivity index (χ0n) is 11.6. The van der Waals surface area contributed by atoms with Crippen LogP contribution >= 0.6 is 0 Å². The molecule has 1 aromatic carbocycles. The predicted molar refractivity (Wildman–Crippen MR) is 77.9 cm³/mol. The summed E-state index contributed by atoms with van der Waals surface area (Å²) in [5, 5.41) is 0. The van der Waals surface area contributed by atoms with Gasteiger partial charge in [0.25, 0.3) is 0 Å². The van der Waals surface area contributed by atoms with E-state index in [0.717, 1.165) is 5.69 Å². The Hall–Kier alpha value is -1.63. The van der Waals surface area contributed by atoms with Gasteiger partial charge in [0.2, 0.25) is 0 Å². The highest BCUT2D eigenvalue weighted by atomic mass is 14.7. The molecule has 1 heteroatoms. The van der Waals surface area contributed by atoms with Gasteiger partial charge in [-0.05, 0) is 35.1 Å². The summed E-state index contributed by atoms with van der Waals surface area (Å²) in [5.41, 5.74) is 5.19. The second-order valence-corrected chi connectivity index (χ2v) is 5.34. The quantitative estimate of drug-likeness (QED) is 0.735. The number of nitrogens with zero attached hydrogens (tertiary/aromatic N) is 1. The van der Waals surface area contributed by atoms with Gasteiger partial charge >= 0.3 is 0 Å². The van der Waals surface area contributed by atoms with Crippen molar-refractivity contribution in [2.45, 2.75) is 39.5 Å². The Bertz CT molecular complexity index is 486. The maximum Gasteiger partial charge on any atom is 0.0707 e. The molecular formula is C17H21N. The van der Waals surface area contributed by atoms with Crippen LogP contribution in [0.25, 0.3) is 11.3 Å². The number of aromatic nitrogens is 1. The number of benzene rings is 1. The first kappa shape index (κ1) is 12.8. The van der Waals surface area contributed by atoms with Gasteiger partial charge in [0, 0.05) is 11.8 Å². The van der Waals surface area contributed by atoms with Gasteiger partial charge in [-0.25, -0.2) is 0 Å². The van der Waals surface area contributed by atoms with Crippen LogP contribution in [-0.2, 0) is 0 Å². The summed E-state index contributed by atoms with van der Waals surface area (Å²) < 4.78 is 0. The summed E-state index contributed by atoms with van der Waals surface area (Å²) in [6, 6.07) is 12.7. The van der Waals surface area contributed by atoms with Gasteiger partial charge in [0.05, 0.1) is 5.69 Å². The molecule has 2 aromatic rings. The van der Waals surface area contributed by atoms with Crippen molar-refractivity contribution < 1.29 is 0 Å². The van der Waals surface area contributed by atoms with Gasteiger partial charge in [-0.3, -0.25) is 4.98 Å². The lowest BCUT2D eigenvalue weighted by atomic mass is 9.87. The number of hydrogen-bond donors (Lipinski definition) is 0. The highest BCUT2D eigenvalue weighted by molar-refractivity contribution is 5.69. The van der Waals surface area contributed by atoms with Crippen LogP contribution in [0.3, 0.4) is 0 Å². The molecule has 0 saturated carbocycles. The number of rotatable bonds is 3. The molecule has 18 heavy (non-hydrogen) atoms. The molecule has 0 N–H and O–H groups in total. The largest absolute Gasteiger partial charge is 0.256 e. The molecular weight excluding hydrogens is 218 g/mol. The van der Waals surface area contributed by atoms with Gasteiger partial charge < -0.3 is 0 Å². The molecule has 0 unspecified atom stereocenters. The average molecular weight is 239 g/mol. The Morgan fingerprint density at radius 3 is 1.83 bits per heavy atom. The third kappa shape index (κ3) is 2.45. The van der Waals surface area contributed by atoms with Crippen LogP contribution in [0, 0.1) is 0 Å². The summed E-state index contributed by atoms with van der Waals surface area (Å²) >= 11 is 0. The molecule has 0 atom stereocenters. The van der Waals surface area contributed by atoms with E-state index in [1.165, 1.54) is 16.7 Å². The fourth-order valence-electron chi connectivity index (χ4n) is 2.36. The highest BCUT2D eigenvalue weighted by Crippen LogP contribution is 2.34. The van der Waals surface area contributed by atoms with Crippen molar-refractivity contribution in [1.82, 2.24) is 4.98 Å². The smallest absolute Gasteiger partial charge is 0.0707 e. The summed E-state index contributed by atoms with van der Waals surface area (Å²) in [7, 11) is 0. The van der Waals surface area contributed by atoms with Crippen molar-refractivity contribution in [3.05, 3.63) is 53.7 Å². The molecule has 0 fully saturated rings. The number of pyridine rings is 1. The van der Waals surface area contributed by atoms with E-state index in [1.54, 1.807) is 0 Å². The maximum atomic E-state index is 4.54. The Balaban J connectivity index is 2.69. The zero-order chi connectivity index (χ0) is 13.1. The Morgan fingerprint density at radius 2 is 1.39 bits per heavy atom. The van der Waals surface area contributed by atoms with E-state index >= 15 is 0 Å². The summed E-state index contributed by atoms with van der Waals surface area (Å²) in [5.74, 6) is 1.03. The minimum atomic E-state index is 0.515. The molecule has 0 aliphatic heterocycles. The van der Waals surface area contributed by atoms with Crippen LogP contribution in [0.15, 0.2) is 42.6 Å². The molecule has 0 aliphatic rings. The van der Waals surface area contributed by atoms with Crippen molar-refractivity contribution in [3.63, 3.8) is 0 Å². The van der Waals surface area contributed by atoms with Crippen molar-refractivity contribution in [1.29, 1.82) is 0 Å². The second kappa shape index (κ2) is 5.34. The first-order valence-electron chi connectivity index (χ1n) is 6.65. The van der Waals surface area contributed by atoms with E-state index in [2.05, 4.69) is 63.0 Å². The van der Waals surface area contributed by atoms with Crippen molar-refractivity contribution >= 4 is 0 Å². The lowest BCUT2D eigenvalue weighted by molar-refractivity contribution is 0.836. The van der Waals surface area contributed by atoms with E-state index in [9.17, 15) is 0 Å². The Labute approximate surface area is 110 Å². The molecule has 94 valence electrons. The van der Waals surface area contributed by atoms with E-state index in [4.69, 9.17) is 0 Å². The Morgan fingerprint density at radius 1 is 0.778 bits per heavy atom. The molecule has 0 amide bonds. The molecule has 1 heterocycles. The molecule has 0 saturated heterocycles.